The quantitative estimate of drug-likeness (QED) is 0.940. The predicted octanol–water partition coefficient (Wildman–Crippen LogP) is 2.90. The average Bonchev–Trinajstić information content (AvgIpc) is 3.10. The molecule has 0 aliphatic carbocycles. The first kappa shape index (κ1) is 14.1. The van der Waals surface area contributed by atoms with Crippen LogP contribution in [0.1, 0.15) is 12.3 Å². The van der Waals surface area contributed by atoms with Gasteiger partial charge in [-0.2, -0.15) is 0 Å². The van der Waals surface area contributed by atoms with Crippen LogP contribution >= 0.6 is 11.6 Å². The molecule has 0 amide bonds. The van der Waals surface area contributed by atoms with E-state index in [0.29, 0.717) is 36.2 Å². The van der Waals surface area contributed by atoms with Gasteiger partial charge in [0.1, 0.15) is 0 Å². The minimum absolute atomic E-state index is 0.282. The number of hydrogen-bond donors (Lipinski definition) is 1. The van der Waals surface area contributed by atoms with Crippen molar-refractivity contribution >= 4 is 17.6 Å². The first-order valence-electron chi connectivity index (χ1n) is 6.77. The summed E-state index contributed by atoms with van der Waals surface area (Å²) in [5.74, 6) is 0.282. The van der Waals surface area contributed by atoms with Gasteiger partial charge in [0, 0.05) is 17.1 Å². The lowest BCUT2D eigenvalue weighted by atomic mass is 10.1. The lowest BCUT2D eigenvalue weighted by Gasteiger charge is -2.11. The Bertz CT molecular complexity index is 639. The normalized spacial score (nSPS) is 19.0. The zero-order chi connectivity index (χ0) is 14.8. The highest BCUT2D eigenvalue weighted by atomic mass is 35.5. The molecule has 1 aliphatic rings. The molecule has 0 radical (unpaired) electrons. The van der Waals surface area contributed by atoms with Crippen molar-refractivity contribution in [1.29, 1.82) is 0 Å². The Kier molecular flexibility index (Phi) is 3.94. The van der Waals surface area contributed by atoms with Crippen LogP contribution in [0.5, 0.6) is 0 Å². The molecule has 5 nitrogen and oxygen atoms in total. The maximum atomic E-state index is 10.9. The summed E-state index contributed by atoms with van der Waals surface area (Å²) in [6.45, 7) is 1.85. The van der Waals surface area contributed by atoms with Crippen molar-refractivity contribution in [2.75, 3.05) is 13.1 Å². The van der Waals surface area contributed by atoms with Crippen LogP contribution < -0.4 is 0 Å². The zero-order valence-electron chi connectivity index (χ0n) is 11.3. The van der Waals surface area contributed by atoms with E-state index >= 15 is 0 Å². The second-order valence-corrected chi connectivity index (χ2v) is 5.62. The number of aliphatic carboxylic acids is 1. The number of likely N-dealkylation sites (tertiary alicyclic amines) is 1. The number of rotatable bonds is 4. The first-order chi connectivity index (χ1) is 10.1. The molecule has 21 heavy (non-hydrogen) atoms. The number of aromatic nitrogens is 1. The van der Waals surface area contributed by atoms with E-state index in [9.17, 15) is 4.79 Å². The molecular formula is C15H15ClN2O3. The summed E-state index contributed by atoms with van der Waals surface area (Å²) >= 11 is 5.86. The molecule has 0 unspecified atom stereocenters. The van der Waals surface area contributed by atoms with E-state index < -0.39 is 5.97 Å². The van der Waals surface area contributed by atoms with Gasteiger partial charge < -0.3 is 9.52 Å². The van der Waals surface area contributed by atoms with E-state index in [1.807, 2.05) is 12.1 Å². The zero-order valence-corrected chi connectivity index (χ0v) is 12.1. The molecule has 1 aliphatic heterocycles. The van der Waals surface area contributed by atoms with E-state index in [1.165, 1.54) is 0 Å². The fourth-order valence-electron chi connectivity index (χ4n) is 2.50. The Hall–Kier alpha value is -1.85. The van der Waals surface area contributed by atoms with Gasteiger partial charge in [-0.15, -0.1) is 0 Å². The number of benzene rings is 1. The number of oxazole rings is 1. The third-order valence-electron chi connectivity index (χ3n) is 3.66. The summed E-state index contributed by atoms with van der Waals surface area (Å²) in [5.41, 5.74) is 0.919. The summed E-state index contributed by atoms with van der Waals surface area (Å²) in [5, 5.41) is 9.67. The second-order valence-electron chi connectivity index (χ2n) is 5.18. The van der Waals surface area contributed by atoms with Crippen molar-refractivity contribution in [3.8, 4) is 11.3 Å². The van der Waals surface area contributed by atoms with Gasteiger partial charge in [-0.05, 0) is 37.2 Å². The topological polar surface area (TPSA) is 66.6 Å². The van der Waals surface area contributed by atoms with Crippen molar-refractivity contribution in [3.05, 3.63) is 41.4 Å². The fourth-order valence-corrected chi connectivity index (χ4v) is 2.63. The molecule has 3 rings (SSSR count). The number of carbonyl (C=O) groups is 1. The molecule has 0 spiro atoms. The van der Waals surface area contributed by atoms with Gasteiger partial charge in [0.25, 0.3) is 0 Å². The highest BCUT2D eigenvalue weighted by molar-refractivity contribution is 6.30. The van der Waals surface area contributed by atoms with Crippen LogP contribution in [0, 0.1) is 5.92 Å². The van der Waals surface area contributed by atoms with Crippen molar-refractivity contribution in [2.45, 2.75) is 13.0 Å². The summed E-state index contributed by atoms with van der Waals surface area (Å²) in [4.78, 5) is 17.3. The highest BCUT2D eigenvalue weighted by Gasteiger charge is 2.28. The molecule has 1 aromatic carbocycles. The fraction of sp³-hybridized carbons (Fsp3) is 0.333. The Morgan fingerprint density at radius 3 is 2.86 bits per heavy atom. The molecular weight excluding hydrogens is 292 g/mol. The monoisotopic (exact) mass is 306 g/mol. The van der Waals surface area contributed by atoms with Crippen LogP contribution in [0.4, 0.5) is 0 Å². The van der Waals surface area contributed by atoms with Crippen LogP contribution in [-0.2, 0) is 11.3 Å². The largest absolute Gasteiger partial charge is 0.481 e. The molecule has 1 aromatic heterocycles. The van der Waals surface area contributed by atoms with Gasteiger partial charge in [-0.25, -0.2) is 4.98 Å². The van der Waals surface area contributed by atoms with E-state index in [-0.39, 0.29) is 5.92 Å². The molecule has 2 aromatic rings. The van der Waals surface area contributed by atoms with Crippen LogP contribution in [0.25, 0.3) is 11.3 Å². The standard InChI is InChI=1S/C15H15ClN2O3/c16-12-3-1-10(2-4-12)13-7-17-14(21-13)9-18-6-5-11(8-18)15(19)20/h1-4,7,11H,5-6,8-9H2,(H,19,20)/t11-/m1/s1. The van der Waals surface area contributed by atoms with Crippen molar-refractivity contribution < 1.29 is 14.3 Å². The third-order valence-corrected chi connectivity index (χ3v) is 3.91. The summed E-state index contributed by atoms with van der Waals surface area (Å²) in [7, 11) is 0. The lowest BCUT2D eigenvalue weighted by molar-refractivity contribution is -0.141. The number of carboxylic acids is 1. The van der Waals surface area contributed by atoms with Gasteiger partial charge in [-0.1, -0.05) is 11.6 Å². The lowest BCUT2D eigenvalue weighted by Crippen LogP contribution is -2.22. The number of hydrogen-bond acceptors (Lipinski definition) is 4. The van der Waals surface area contributed by atoms with E-state index in [0.717, 1.165) is 12.1 Å². The molecule has 2 heterocycles. The second kappa shape index (κ2) is 5.87. The smallest absolute Gasteiger partial charge is 0.307 e. The molecule has 1 saturated heterocycles. The molecule has 1 N–H and O–H groups in total. The molecule has 110 valence electrons. The third kappa shape index (κ3) is 3.25. The minimum atomic E-state index is -0.730. The Morgan fingerprint density at radius 1 is 1.43 bits per heavy atom. The highest BCUT2D eigenvalue weighted by Crippen LogP contribution is 2.24. The first-order valence-corrected chi connectivity index (χ1v) is 7.15. The van der Waals surface area contributed by atoms with E-state index in [4.69, 9.17) is 21.1 Å². The summed E-state index contributed by atoms with van der Waals surface area (Å²) < 4.78 is 5.72. The maximum Gasteiger partial charge on any atom is 0.307 e. The van der Waals surface area contributed by atoms with Crippen molar-refractivity contribution in [3.63, 3.8) is 0 Å². The summed E-state index contributed by atoms with van der Waals surface area (Å²) in [6.07, 6.45) is 2.36. The van der Waals surface area contributed by atoms with E-state index in [2.05, 4.69) is 9.88 Å². The molecule has 0 bridgehead atoms. The molecule has 6 heteroatoms. The van der Waals surface area contributed by atoms with Gasteiger partial charge in [-0.3, -0.25) is 9.69 Å². The minimum Gasteiger partial charge on any atom is -0.481 e. The predicted molar refractivity (Wildman–Crippen MR) is 78.0 cm³/mol. The number of nitrogens with zero attached hydrogens (tertiary/aromatic N) is 2. The van der Waals surface area contributed by atoms with Crippen LogP contribution in [0.3, 0.4) is 0 Å². The van der Waals surface area contributed by atoms with Crippen LogP contribution in [0.2, 0.25) is 5.02 Å². The molecule has 0 saturated carbocycles. The Labute approximate surface area is 127 Å². The van der Waals surface area contributed by atoms with E-state index in [1.54, 1.807) is 18.3 Å². The summed E-state index contributed by atoms with van der Waals surface area (Å²) in [6, 6.07) is 7.36. The molecule has 1 atom stereocenters. The Balaban J connectivity index is 1.66. The van der Waals surface area contributed by atoms with Crippen LogP contribution in [-0.4, -0.2) is 34.0 Å². The van der Waals surface area contributed by atoms with Crippen molar-refractivity contribution in [2.24, 2.45) is 5.92 Å². The maximum absolute atomic E-state index is 10.9. The average molecular weight is 307 g/mol. The van der Waals surface area contributed by atoms with Crippen LogP contribution in [0.15, 0.2) is 34.9 Å². The SMILES string of the molecule is O=C(O)[C@@H]1CCN(Cc2ncc(-c3ccc(Cl)cc3)o2)C1. The van der Waals surface area contributed by atoms with Gasteiger partial charge >= 0.3 is 5.97 Å². The van der Waals surface area contributed by atoms with Gasteiger partial charge in [0.05, 0.1) is 18.7 Å². The van der Waals surface area contributed by atoms with Gasteiger partial charge in [0.15, 0.2) is 5.76 Å². The molecule has 1 fully saturated rings. The van der Waals surface area contributed by atoms with Gasteiger partial charge in [0.2, 0.25) is 5.89 Å². The van der Waals surface area contributed by atoms with Crippen molar-refractivity contribution in [1.82, 2.24) is 9.88 Å². The number of carboxylic acid groups (broad SMARTS) is 1. The Morgan fingerprint density at radius 2 is 2.19 bits per heavy atom. The number of halogens is 1.